The number of hydrogen-bond donors (Lipinski definition) is 4. The van der Waals surface area contributed by atoms with Crippen molar-refractivity contribution in [2.75, 3.05) is 22.8 Å². The lowest BCUT2D eigenvalue weighted by atomic mass is 10.2. The van der Waals surface area contributed by atoms with E-state index >= 15 is 0 Å². The Hall–Kier alpha value is -3.07. The van der Waals surface area contributed by atoms with Gasteiger partial charge in [0.15, 0.2) is 0 Å². The fourth-order valence-electron chi connectivity index (χ4n) is 2.08. The van der Waals surface area contributed by atoms with Crippen molar-refractivity contribution in [1.82, 2.24) is 10.6 Å². The molecule has 2 aromatic rings. The van der Waals surface area contributed by atoms with E-state index in [9.17, 15) is 18.0 Å². The van der Waals surface area contributed by atoms with Crippen molar-refractivity contribution in [1.29, 1.82) is 0 Å². The number of anilines is 2. The molecular formula is C17H20N4O4S. The largest absolute Gasteiger partial charge is 0.334 e. The van der Waals surface area contributed by atoms with Crippen LogP contribution in [0, 0.1) is 0 Å². The van der Waals surface area contributed by atoms with Crippen LogP contribution in [0.15, 0.2) is 54.6 Å². The Bertz CT molecular complexity index is 869. The van der Waals surface area contributed by atoms with Crippen molar-refractivity contribution in [3.05, 3.63) is 60.2 Å². The van der Waals surface area contributed by atoms with Gasteiger partial charge in [-0.1, -0.05) is 42.5 Å². The van der Waals surface area contributed by atoms with Crippen molar-refractivity contribution >= 4 is 33.3 Å². The Morgan fingerprint density at radius 3 is 2.15 bits per heavy atom. The molecule has 0 aliphatic heterocycles. The number of benzene rings is 2. The Morgan fingerprint density at radius 2 is 1.50 bits per heavy atom. The molecule has 0 aliphatic carbocycles. The molecule has 2 aromatic carbocycles. The lowest BCUT2D eigenvalue weighted by Gasteiger charge is -2.12. The van der Waals surface area contributed by atoms with Crippen LogP contribution < -0.4 is 20.7 Å². The highest BCUT2D eigenvalue weighted by Gasteiger charge is 2.10. The minimum absolute atomic E-state index is 0.247. The van der Waals surface area contributed by atoms with Gasteiger partial charge >= 0.3 is 6.03 Å². The molecule has 8 nitrogen and oxygen atoms in total. The molecule has 9 heteroatoms. The number of rotatable bonds is 7. The summed E-state index contributed by atoms with van der Waals surface area (Å²) in [5.74, 6) is -0.484. The highest BCUT2D eigenvalue weighted by atomic mass is 32.2. The van der Waals surface area contributed by atoms with Crippen LogP contribution in [0.2, 0.25) is 0 Å². The minimum Gasteiger partial charge on any atom is -0.334 e. The molecule has 0 atom stereocenters. The standard InChI is InChI=1S/C17H20N4O4S/c1-26(24,25)21-15-10-6-5-9-14(15)20-16(22)12-19-17(23)18-11-13-7-3-2-4-8-13/h2-10,21H,11-12H2,1H3,(H,20,22)(H2,18,19,23). The normalized spacial score (nSPS) is 10.7. The molecule has 3 amide bonds. The first-order valence-corrected chi connectivity index (χ1v) is 9.65. The highest BCUT2D eigenvalue weighted by Crippen LogP contribution is 2.21. The third kappa shape index (κ3) is 6.81. The number of amides is 3. The third-order valence-electron chi connectivity index (χ3n) is 3.20. The maximum atomic E-state index is 12.0. The van der Waals surface area contributed by atoms with E-state index in [1.54, 1.807) is 18.2 Å². The van der Waals surface area contributed by atoms with E-state index in [-0.39, 0.29) is 12.2 Å². The summed E-state index contributed by atoms with van der Waals surface area (Å²) in [5.41, 5.74) is 1.49. The molecule has 0 aliphatic rings. The van der Waals surface area contributed by atoms with Crippen molar-refractivity contribution < 1.29 is 18.0 Å². The summed E-state index contributed by atoms with van der Waals surface area (Å²) in [5, 5.41) is 7.63. The molecule has 0 saturated heterocycles. The van der Waals surface area contributed by atoms with Gasteiger partial charge in [0.05, 0.1) is 24.2 Å². The second kappa shape index (κ2) is 8.86. The molecule has 0 fully saturated rings. The van der Waals surface area contributed by atoms with Gasteiger partial charge in [-0.2, -0.15) is 0 Å². The lowest BCUT2D eigenvalue weighted by Crippen LogP contribution is -2.39. The fourth-order valence-corrected chi connectivity index (χ4v) is 2.65. The van der Waals surface area contributed by atoms with Gasteiger partial charge in [-0.05, 0) is 17.7 Å². The van der Waals surface area contributed by atoms with Gasteiger partial charge in [-0.25, -0.2) is 13.2 Å². The third-order valence-corrected chi connectivity index (χ3v) is 3.79. The second-order valence-corrected chi connectivity index (χ2v) is 7.24. The summed E-state index contributed by atoms with van der Waals surface area (Å²) >= 11 is 0. The maximum absolute atomic E-state index is 12.0. The smallest absolute Gasteiger partial charge is 0.315 e. The number of nitrogens with one attached hydrogen (secondary N) is 4. The van der Waals surface area contributed by atoms with Gasteiger partial charge in [0, 0.05) is 6.54 Å². The van der Waals surface area contributed by atoms with Gasteiger partial charge in [0.2, 0.25) is 15.9 Å². The van der Waals surface area contributed by atoms with Crippen LogP contribution in [-0.4, -0.2) is 33.2 Å². The lowest BCUT2D eigenvalue weighted by molar-refractivity contribution is -0.115. The molecule has 138 valence electrons. The van der Waals surface area contributed by atoms with E-state index in [0.29, 0.717) is 12.2 Å². The Morgan fingerprint density at radius 1 is 0.885 bits per heavy atom. The van der Waals surface area contributed by atoms with Crippen LogP contribution in [0.1, 0.15) is 5.56 Å². The van der Waals surface area contributed by atoms with Crippen molar-refractivity contribution in [2.24, 2.45) is 0 Å². The summed E-state index contributed by atoms with van der Waals surface area (Å²) in [6, 6.07) is 15.3. The van der Waals surface area contributed by atoms with Crippen LogP contribution in [0.3, 0.4) is 0 Å². The average molecular weight is 376 g/mol. The molecule has 26 heavy (non-hydrogen) atoms. The SMILES string of the molecule is CS(=O)(=O)Nc1ccccc1NC(=O)CNC(=O)NCc1ccccc1. The van der Waals surface area contributed by atoms with E-state index in [0.717, 1.165) is 11.8 Å². The van der Waals surface area contributed by atoms with Crippen LogP contribution >= 0.6 is 0 Å². The first-order valence-electron chi connectivity index (χ1n) is 7.76. The van der Waals surface area contributed by atoms with Gasteiger partial charge < -0.3 is 16.0 Å². The monoisotopic (exact) mass is 376 g/mol. The van der Waals surface area contributed by atoms with Crippen LogP contribution in [0.25, 0.3) is 0 Å². The Kier molecular flexibility index (Phi) is 6.56. The minimum atomic E-state index is -3.48. The zero-order valence-corrected chi connectivity index (χ0v) is 15.0. The molecular weight excluding hydrogens is 356 g/mol. The molecule has 0 unspecified atom stereocenters. The number of para-hydroxylation sites is 2. The van der Waals surface area contributed by atoms with Crippen LogP contribution in [0.4, 0.5) is 16.2 Å². The van der Waals surface area contributed by atoms with Crippen molar-refractivity contribution in [2.45, 2.75) is 6.54 Å². The van der Waals surface area contributed by atoms with E-state index in [2.05, 4.69) is 20.7 Å². The molecule has 2 rings (SSSR count). The number of urea groups is 1. The average Bonchev–Trinajstić information content (AvgIpc) is 2.59. The summed E-state index contributed by atoms with van der Waals surface area (Å²) in [7, 11) is -3.48. The second-order valence-electron chi connectivity index (χ2n) is 5.49. The highest BCUT2D eigenvalue weighted by molar-refractivity contribution is 7.92. The van der Waals surface area contributed by atoms with Crippen LogP contribution in [0.5, 0.6) is 0 Å². The number of carbonyl (C=O) groups excluding carboxylic acids is 2. The molecule has 0 heterocycles. The van der Waals surface area contributed by atoms with E-state index in [4.69, 9.17) is 0 Å². The molecule has 0 radical (unpaired) electrons. The number of carbonyl (C=O) groups is 2. The molecule has 0 bridgehead atoms. The first-order chi connectivity index (χ1) is 12.3. The van der Waals surface area contributed by atoms with E-state index in [1.807, 2.05) is 30.3 Å². The fraction of sp³-hybridized carbons (Fsp3) is 0.176. The Labute approximate surface area is 152 Å². The molecule has 0 saturated carbocycles. The predicted molar refractivity (Wildman–Crippen MR) is 100 cm³/mol. The van der Waals surface area contributed by atoms with Crippen molar-refractivity contribution in [3.63, 3.8) is 0 Å². The van der Waals surface area contributed by atoms with E-state index < -0.39 is 22.0 Å². The summed E-state index contributed by atoms with van der Waals surface area (Å²) in [6.45, 7) is 0.0865. The summed E-state index contributed by atoms with van der Waals surface area (Å²) in [6.07, 6.45) is 1.02. The van der Waals surface area contributed by atoms with E-state index in [1.165, 1.54) is 6.07 Å². The molecule has 0 aromatic heterocycles. The summed E-state index contributed by atoms with van der Waals surface area (Å²) in [4.78, 5) is 23.7. The number of sulfonamides is 1. The van der Waals surface area contributed by atoms with Gasteiger partial charge in [-0.15, -0.1) is 0 Å². The van der Waals surface area contributed by atoms with Gasteiger partial charge in [0.25, 0.3) is 0 Å². The van der Waals surface area contributed by atoms with Crippen LogP contribution in [-0.2, 0) is 21.4 Å². The quantitative estimate of drug-likeness (QED) is 0.586. The maximum Gasteiger partial charge on any atom is 0.315 e. The first kappa shape index (κ1) is 19.3. The van der Waals surface area contributed by atoms with Gasteiger partial charge in [0.1, 0.15) is 0 Å². The van der Waals surface area contributed by atoms with Gasteiger partial charge in [-0.3, -0.25) is 9.52 Å². The van der Waals surface area contributed by atoms with Crippen molar-refractivity contribution in [3.8, 4) is 0 Å². The predicted octanol–water partition coefficient (Wildman–Crippen LogP) is 1.50. The molecule has 4 N–H and O–H groups in total. The number of hydrogen-bond acceptors (Lipinski definition) is 4. The zero-order chi connectivity index (χ0) is 19.0. The topological polar surface area (TPSA) is 116 Å². The molecule has 0 spiro atoms. The summed E-state index contributed by atoms with van der Waals surface area (Å²) < 4.78 is 25.0. The Balaban J connectivity index is 1.82. The zero-order valence-electron chi connectivity index (χ0n) is 14.2.